The van der Waals surface area contributed by atoms with E-state index in [1.54, 1.807) is 43.5 Å². The van der Waals surface area contributed by atoms with Crippen LogP contribution in [0.15, 0.2) is 40.8 Å². The molecule has 0 N–H and O–H groups in total. The molecule has 17 heavy (non-hydrogen) atoms. The van der Waals surface area contributed by atoms with Crippen LogP contribution in [0.5, 0.6) is 5.75 Å². The summed E-state index contributed by atoms with van der Waals surface area (Å²) in [6, 6.07) is 10.2. The Labute approximate surface area is 104 Å². The van der Waals surface area contributed by atoms with E-state index in [0.717, 1.165) is 0 Å². The molecule has 1 heterocycles. The molecule has 3 nitrogen and oxygen atoms in total. The third-order valence-electron chi connectivity index (χ3n) is 2.37. The van der Waals surface area contributed by atoms with Crippen LogP contribution in [0.2, 0.25) is 0 Å². The number of hydrogen-bond donors (Lipinski definition) is 0. The standard InChI is InChI=1S/C13H11ClO3/c1-16-10-4-2-9(3-5-10)13(15)12-7-6-11(8-14)17-12/h2-7H,8H2,1H3. The van der Waals surface area contributed by atoms with Crippen molar-refractivity contribution in [2.75, 3.05) is 7.11 Å². The summed E-state index contributed by atoms with van der Waals surface area (Å²) in [4.78, 5) is 12.0. The molecule has 2 rings (SSSR count). The van der Waals surface area contributed by atoms with Crippen LogP contribution in [-0.4, -0.2) is 12.9 Å². The van der Waals surface area contributed by atoms with Gasteiger partial charge in [-0.05, 0) is 36.4 Å². The Balaban J connectivity index is 2.23. The smallest absolute Gasteiger partial charge is 0.228 e. The van der Waals surface area contributed by atoms with Gasteiger partial charge in [-0.3, -0.25) is 4.79 Å². The van der Waals surface area contributed by atoms with E-state index in [9.17, 15) is 4.79 Å². The maximum Gasteiger partial charge on any atom is 0.228 e. The Bertz CT molecular complexity index is 514. The number of ketones is 1. The zero-order chi connectivity index (χ0) is 12.3. The molecule has 0 atom stereocenters. The molecule has 2 aromatic rings. The highest BCUT2D eigenvalue weighted by Gasteiger charge is 2.13. The lowest BCUT2D eigenvalue weighted by Crippen LogP contribution is -1.99. The third-order valence-corrected chi connectivity index (χ3v) is 2.63. The van der Waals surface area contributed by atoms with Crippen molar-refractivity contribution < 1.29 is 13.9 Å². The molecule has 0 aliphatic carbocycles. The molecule has 0 saturated carbocycles. The molecule has 0 fully saturated rings. The van der Waals surface area contributed by atoms with E-state index in [0.29, 0.717) is 22.8 Å². The highest BCUT2D eigenvalue weighted by molar-refractivity contribution is 6.16. The topological polar surface area (TPSA) is 39.4 Å². The van der Waals surface area contributed by atoms with E-state index in [-0.39, 0.29) is 11.7 Å². The maximum atomic E-state index is 12.0. The second-order valence-corrected chi connectivity index (χ2v) is 3.72. The first kappa shape index (κ1) is 11.7. The van der Waals surface area contributed by atoms with E-state index in [1.807, 2.05) is 0 Å². The molecular formula is C13H11ClO3. The predicted molar refractivity (Wildman–Crippen MR) is 64.7 cm³/mol. The summed E-state index contributed by atoms with van der Waals surface area (Å²) in [6.07, 6.45) is 0. The van der Waals surface area contributed by atoms with Gasteiger partial charge in [-0.25, -0.2) is 0 Å². The molecule has 0 unspecified atom stereocenters. The van der Waals surface area contributed by atoms with Gasteiger partial charge in [-0.15, -0.1) is 11.6 Å². The molecule has 0 amide bonds. The number of methoxy groups -OCH3 is 1. The van der Waals surface area contributed by atoms with E-state index >= 15 is 0 Å². The van der Waals surface area contributed by atoms with Crippen molar-refractivity contribution in [1.29, 1.82) is 0 Å². The highest BCUT2D eigenvalue weighted by Crippen LogP contribution is 2.17. The number of carbonyl (C=O) groups excluding carboxylic acids is 1. The zero-order valence-corrected chi connectivity index (χ0v) is 10.0. The lowest BCUT2D eigenvalue weighted by Gasteiger charge is -2.00. The van der Waals surface area contributed by atoms with Crippen LogP contribution < -0.4 is 4.74 Å². The Morgan fingerprint density at radius 1 is 1.24 bits per heavy atom. The number of benzene rings is 1. The van der Waals surface area contributed by atoms with Gasteiger partial charge in [-0.1, -0.05) is 0 Å². The van der Waals surface area contributed by atoms with Gasteiger partial charge in [0.25, 0.3) is 0 Å². The van der Waals surface area contributed by atoms with Crippen LogP contribution in [-0.2, 0) is 5.88 Å². The molecule has 4 heteroatoms. The summed E-state index contributed by atoms with van der Waals surface area (Å²) in [6.45, 7) is 0. The van der Waals surface area contributed by atoms with Crippen molar-refractivity contribution in [2.45, 2.75) is 5.88 Å². The van der Waals surface area contributed by atoms with E-state index in [2.05, 4.69) is 0 Å². The van der Waals surface area contributed by atoms with Crippen LogP contribution in [0.25, 0.3) is 0 Å². The van der Waals surface area contributed by atoms with Crippen LogP contribution in [0.1, 0.15) is 21.9 Å². The van der Waals surface area contributed by atoms with Gasteiger partial charge >= 0.3 is 0 Å². The SMILES string of the molecule is COc1ccc(C(=O)c2ccc(CCl)o2)cc1. The number of alkyl halides is 1. The fourth-order valence-corrected chi connectivity index (χ4v) is 1.60. The molecular weight excluding hydrogens is 240 g/mol. The Kier molecular flexibility index (Phi) is 3.49. The average molecular weight is 251 g/mol. The van der Waals surface area contributed by atoms with Gasteiger partial charge in [0, 0.05) is 5.56 Å². The lowest BCUT2D eigenvalue weighted by atomic mass is 10.1. The summed E-state index contributed by atoms with van der Waals surface area (Å²) >= 11 is 5.61. The summed E-state index contributed by atoms with van der Waals surface area (Å²) in [5.74, 6) is 1.69. The molecule has 88 valence electrons. The van der Waals surface area contributed by atoms with Gasteiger partial charge in [0.2, 0.25) is 5.78 Å². The number of furan rings is 1. The van der Waals surface area contributed by atoms with Gasteiger partial charge < -0.3 is 9.15 Å². The van der Waals surface area contributed by atoms with Crippen molar-refractivity contribution >= 4 is 17.4 Å². The van der Waals surface area contributed by atoms with Crippen molar-refractivity contribution in [3.63, 3.8) is 0 Å². The number of halogens is 1. The first-order valence-electron chi connectivity index (χ1n) is 5.08. The van der Waals surface area contributed by atoms with Crippen LogP contribution >= 0.6 is 11.6 Å². The largest absolute Gasteiger partial charge is 0.497 e. The average Bonchev–Trinajstić information content (AvgIpc) is 2.87. The quantitative estimate of drug-likeness (QED) is 0.618. The van der Waals surface area contributed by atoms with Crippen LogP contribution in [0.3, 0.4) is 0 Å². The highest BCUT2D eigenvalue weighted by atomic mass is 35.5. The van der Waals surface area contributed by atoms with Crippen molar-refractivity contribution in [1.82, 2.24) is 0 Å². The number of rotatable bonds is 4. The zero-order valence-electron chi connectivity index (χ0n) is 9.27. The molecule has 0 aliphatic heterocycles. The van der Waals surface area contributed by atoms with Gasteiger partial charge in [0.05, 0.1) is 13.0 Å². The number of hydrogen-bond acceptors (Lipinski definition) is 3. The van der Waals surface area contributed by atoms with Crippen molar-refractivity contribution in [3.05, 3.63) is 53.5 Å². The van der Waals surface area contributed by atoms with Crippen LogP contribution in [0.4, 0.5) is 0 Å². The summed E-state index contributed by atoms with van der Waals surface area (Å²) in [5.41, 5.74) is 0.557. The molecule has 0 bridgehead atoms. The summed E-state index contributed by atoms with van der Waals surface area (Å²) in [5, 5.41) is 0. The molecule has 0 radical (unpaired) electrons. The molecule has 1 aromatic carbocycles. The molecule has 0 saturated heterocycles. The Morgan fingerprint density at radius 2 is 1.94 bits per heavy atom. The molecule has 0 aliphatic rings. The van der Waals surface area contributed by atoms with E-state index < -0.39 is 0 Å². The van der Waals surface area contributed by atoms with E-state index in [1.165, 1.54) is 0 Å². The minimum Gasteiger partial charge on any atom is -0.497 e. The second-order valence-electron chi connectivity index (χ2n) is 3.46. The Hall–Kier alpha value is -1.74. The summed E-state index contributed by atoms with van der Waals surface area (Å²) in [7, 11) is 1.58. The minimum atomic E-state index is -0.163. The third kappa shape index (κ3) is 2.50. The van der Waals surface area contributed by atoms with E-state index in [4.69, 9.17) is 20.8 Å². The maximum absolute atomic E-state index is 12.0. The fraction of sp³-hybridized carbons (Fsp3) is 0.154. The predicted octanol–water partition coefficient (Wildman–Crippen LogP) is 3.26. The first-order valence-corrected chi connectivity index (χ1v) is 5.61. The molecule has 1 aromatic heterocycles. The minimum absolute atomic E-state index is 0.163. The number of carbonyl (C=O) groups is 1. The summed E-state index contributed by atoms with van der Waals surface area (Å²) < 4.78 is 10.3. The van der Waals surface area contributed by atoms with Gasteiger partial charge in [-0.2, -0.15) is 0 Å². The molecule has 0 spiro atoms. The van der Waals surface area contributed by atoms with Crippen LogP contribution in [0, 0.1) is 0 Å². The van der Waals surface area contributed by atoms with Crippen molar-refractivity contribution in [2.24, 2.45) is 0 Å². The van der Waals surface area contributed by atoms with Gasteiger partial charge in [0.15, 0.2) is 5.76 Å². The second kappa shape index (κ2) is 5.06. The fourth-order valence-electron chi connectivity index (χ4n) is 1.46. The first-order chi connectivity index (χ1) is 8.24. The Morgan fingerprint density at radius 3 is 2.47 bits per heavy atom. The lowest BCUT2D eigenvalue weighted by molar-refractivity contribution is 0.101. The number of ether oxygens (including phenoxy) is 1. The normalized spacial score (nSPS) is 10.2. The van der Waals surface area contributed by atoms with Crippen molar-refractivity contribution in [3.8, 4) is 5.75 Å². The monoisotopic (exact) mass is 250 g/mol. The van der Waals surface area contributed by atoms with Gasteiger partial charge in [0.1, 0.15) is 11.5 Å².